The number of halogens is 2. The Morgan fingerprint density at radius 1 is 1.18 bits per heavy atom. The fourth-order valence-corrected chi connectivity index (χ4v) is 4.34. The molecule has 0 fully saturated rings. The lowest BCUT2D eigenvalue weighted by Crippen LogP contribution is -2.24. The highest BCUT2D eigenvalue weighted by Crippen LogP contribution is 2.34. The molecule has 7 nitrogen and oxygen atoms in total. The highest BCUT2D eigenvalue weighted by molar-refractivity contribution is 7.99. The molecule has 0 unspecified atom stereocenters. The number of hydrogen-bond acceptors (Lipinski definition) is 7. The molecule has 0 spiro atoms. The fraction of sp³-hybridized carbons (Fsp3) is 0.389. The Morgan fingerprint density at radius 3 is 2.54 bits per heavy atom. The molecule has 0 amide bonds. The van der Waals surface area contributed by atoms with Crippen molar-refractivity contribution in [3.8, 4) is 6.01 Å². The Bertz CT molecular complexity index is 958. The Hall–Kier alpha value is -1.74. The minimum Gasteiger partial charge on any atom is -0.467 e. The van der Waals surface area contributed by atoms with Gasteiger partial charge in [-0.05, 0) is 31.2 Å². The van der Waals surface area contributed by atoms with E-state index in [1.54, 1.807) is 6.07 Å². The van der Waals surface area contributed by atoms with Crippen LogP contribution in [0.5, 0.6) is 6.01 Å². The van der Waals surface area contributed by atoms with Gasteiger partial charge in [0.15, 0.2) is 22.1 Å². The first-order chi connectivity index (χ1) is 13.4. The molecule has 0 saturated heterocycles. The van der Waals surface area contributed by atoms with E-state index >= 15 is 0 Å². The molecule has 0 saturated carbocycles. The van der Waals surface area contributed by atoms with E-state index < -0.39 is 0 Å². The van der Waals surface area contributed by atoms with Gasteiger partial charge in [0.2, 0.25) is 0 Å². The minimum absolute atomic E-state index is 0.216. The van der Waals surface area contributed by atoms with Gasteiger partial charge in [-0.2, -0.15) is 9.97 Å². The number of nitrogen functional groups attached to an aromatic ring is 1. The second kappa shape index (κ2) is 9.17. The normalized spacial score (nSPS) is 11.5. The number of nitrogens with two attached hydrogens (primary N) is 1. The summed E-state index contributed by atoms with van der Waals surface area (Å²) in [5, 5.41) is 5.30. The molecule has 3 aromatic rings. The Morgan fingerprint density at radius 2 is 1.89 bits per heavy atom. The quantitative estimate of drug-likeness (QED) is 0.505. The standard InChI is InChI=1S/C18H22Cl2N6OS/c1-10(2)22-5-4-6-26-16-14(15(21)24-17(25-16)27-3)23-18(26)28-13-8-11(19)7-12(20)9-13/h7-10,22H,4-6H2,1-3H3,(H2,21,24,25). The van der Waals surface area contributed by atoms with Gasteiger partial charge in [0.05, 0.1) is 7.11 Å². The van der Waals surface area contributed by atoms with Crippen molar-refractivity contribution < 1.29 is 4.74 Å². The number of ether oxygens (including phenoxy) is 1. The van der Waals surface area contributed by atoms with Gasteiger partial charge in [-0.25, -0.2) is 4.98 Å². The summed E-state index contributed by atoms with van der Waals surface area (Å²) in [6, 6.07) is 6.03. The van der Waals surface area contributed by atoms with Crippen molar-refractivity contribution in [1.82, 2.24) is 24.8 Å². The van der Waals surface area contributed by atoms with Crippen LogP contribution in [-0.2, 0) is 6.54 Å². The van der Waals surface area contributed by atoms with Crippen LogP contribution >= 0.6 is 35.0 Å². The van der Waals surface area contributed by atoms with E-state index in [2.05, 4.69) is 34.1 Å². The number of fused-ring (bicyclic) bond motifs is 1. The van der Waals surface area contributed by atoms with Gasteiger partial charge in [-0.3, -0.25) is 0 Å². The van der Waals surface area contributed by atoms with Crippen LogP contribution in [0, 0.1) is 0 Å². The maximum Gasteiger partial charge on any atom is 0.320 e. The van der Waals surface area contributed by atoms with Crippen LogP contribution in [-0.4, -0.2) is 39.2 Å². The van der Waals surface area contributed by atoms with Crippen molar-refractivity contribution in [2.75, 3.05) is 19.4 Å². The van der Waals surface area contributed by atoms with Gasteiger partial charge in [0.1, 0.15) is 0 Å². The third kappa shape index (κ3) is 5.00. The van der Waals surface area contributed by atoms with Crippen molar-refractivity contribution in [3.05, 3.63) is 28.2 Å². The molecule has 2 heterocycles. The molecular formula is C18H22Cl2N6OS. The van der Waals surface area contributed by atoms with E-state index in [1.807, 2.05) is 16.7 Å². The maximum absolute atomic E-state index is 6.14. The number of aryl methyl sites for hydroxylation is 1. The number of anilines is 1. The number of benzene rings is 1. The van der Waals surface area contributed by atoms with Crippen LogP contribution < -0.4 is 15.8 Å². The number of hydrogen-bond donors (Lipinski definition) is 2. The Labute approximate surface area is 178 Å². The van der Waals surface area contributed by atoms with Crippen molar-refractivity contribution in [1.29, 1.82) is 0 Å². The molecule has 2 aromatic heterocycles. The third-order valence-corrected chi connectivity index (χ3v) is 5.31. The lowest BCUT2D eigenvalue weighted by atomic mass is 10.3. The molecular weight excluding hydrogens is 419 g/mol. The molecule has 0 radical (unpaired) electrons. The second-order valence-corrected chi connectivity index (χ2v) is 8.40. The fourth-order valence-electron chi connectivity index (χ4n) is 2.67. The topological polar surface area (TPSA) is 90.9 Å². The molecule has 3 N–H and O–H groups in total. The van der Waals surface area contributed by atoms with Crippen LogP contribution in [0.4, 0.5) is 5.82 Å². The SMILES string of the molecule is COc1nc(N)c2nc(Sc3cc(Cl)cc(Cl)c3)n(CCCNC(C)C)c2n1. The van der Waals surface area contributed by atoms with E-state index in [0.717, 1.165) is 23.0 Å². The molecule has 10 heteroatoms. The molecule has 3 rings (SSSR count). The number of nitrogens with one attached hydrogen (secondary N) is 1. The highest BCUT2D eigenvalue weighted by atomic mass is 35.5. The van der Waals surface area contributed by atoms with Gasteiger partial charge in [0.25, 0.3) is 0 Å². The lowest BCUT2D eigenvalue weighted by Gasteiger charge is -2.11. The average molecular weight is 441 g/mol. The third-order valence-electron chi connectivity index (χ3n) is 3.90. The van der Waals surface area contributed by atoms with Crippen molar-refractivity contribution in [2.24, 2.45) is 0 Å². The second-order valence-electron chi connectivity index (χ2n) is 6.48. The molecule has 0 aliphatic carbocycles. The van der Waals surface area contributed by atoms with Gasteiger partial charge >= 0.3 is 6.01 Å². The molecule has 0 bridgehead atoms. The monoisotopic (exact) mass is 440 g/mol. The van der Waals surface area contributed by atoms with Gasteiger partial charge in [-0.1, -0.05) is 48.8 Å². The Balaban J connectivity index is 1.99. The zero-order chi connectivity index (χ0) is 20.3. The predicted molar refractivity (Wildman–Crippen MR) is 115 cm³/mol. The molecule has 150 valence electrons. The summed E-state index contributed by atoms with van der Waals surface area (Å²) in [4.78, 5) is 14.2. The van der Waals surface area contributed by atoms with E-state index in [-0.39, 0.29) is 11.8 Å². The van der Waals surface area contributed by atoms with Crippen molar-refractivity contribution in [3.63, 3.8) is 0 Å². The first-order valence-corrected chi connectivity index (χ1v) is 10.4. The van der Waals surface area contributed by atoms with E-state index in [1.165, 1.54) is 18.9 Å². The van der Waals surface area contributed by atoms with Crippen LogP contribution in [0.1, 0.15) is 20.3 Å². The zero-order valence-corrected chi connectivity index (χ0v) is 18.2. The van der Waals surface area contributed by atoms with E-state index in [4.69, 9.17) is 33.7 Å². The zero-order valence-electron chi connectivity index (χ0n) is 15.9. The van der Waals surface area contributed by atoms with Crippen molar-refractivity contribution >= 4 is 51.9 Å². The van der Waals surface area contributed by atoms with E-state index in [9.17, 15) is 0 Å². The average Bonchev–Trinajstić information content (AvgIpc) is 2.95. The summed E-state index contributed by atoms with van der Waals surface area (Å²) < 4.78 is 7.20. The summed E-state index contributed by atoms with van der Waals surface area (Å²) in [5.41, 5.74) is 7.27. The molecule has 0 atom stereocenters. The first kappa shape index (κ1) is 21.0. The molecule has 1 aromatic carbocycles. The van der Waals surface area contributed by atoms with Gasteiger partial charge < -0.3 is 20.4 Å². The van der Waals surface area contributed by atoms with Crippen LogP contribution in [0.15, 0.2) is 28.3 Å². The maximum atomic E-state index is 6.14. The Kier molecular flexibility index (Phi) is 6.87. The first-order valence-electron chi connectivity index (χ1n) is 8.82. The smallest absolute Gasteiger partial charge is 0.320 e. The summed E-state index contributed by atoms with van der Waals surface area (Å²) in [5.74, 6) is 0.284. The van der Waals surface area contributed by atoms with Crippen molar-refractivity contribution in [2.45, 2.75) is 42.9 Å². The molecule has 28 heavy (non-hydrogen) atoms. The van der Waals surface area contributed by atoms with Gasteiger partial charge in [0, 0.05) is 27.5 Å². The predicted octanol–water partition coefficient (Wildman–Crippen LogP) is 4.26. The highest BCUT2D eigenvalue weighted by Gasteiger charge is 2.18. The number of methoxy groups -OCH3 is 1. The molecule has 0 aliphatic heterocycles. The largest absolute Gasteiger partial charge is 0.467 e. The summed E-state index contributed by atoms with van der Waals surface area (Å²) in [6.45, 7) is 5.83. The summed E-state index contributed by atoms with van der Waals surface area (Å²) in [6.07, 6.45) is 0.903. The number of aromatic nitrogens is 4. The summed E-state index contributed by atoms with van der Waals surface area (Å²) in [7, 11) is 1.51. The van der Waals surface area contributed by atoms with E-state index in [0.29, 0.717) is 33.8 Å². The molecule has 0 aliphatic rings. The lowest BCUT2D eigenvalue weighted by molar-refractivity contribution is 0.381. The number of nitrogens with zero attached hydrogens (tertiary/aromatic N) is 4. The van der Waals surface area contributed by atoms with Crippen LogP contribution in [0.3, 0.4) is 0 Å². The number of imidazole rings is 1. The summed E-state index contributed by atoms with van der Waals surface area (Å²) >= 11 is 13.7. The number of rotatable bonds is 8. The van der Waals surface area contributed by atoms with Gasteiger partial charge in [-0.15, -0.1) is 0 Å². The minimum atomic E-state index is 0.216. The van der Waals surface area contributed by atoms with Crippen LogP contribution in [0.2, 0.25) is 10.0 Å². The van der Waals surface area contributed by atoms with Crippen LogP contribution in [0.25, 0.3) is 11.2 Å².